The van der Waals surface area contributed by atoms with Crippen LogP contribution < -0.4 is 5.73 Å². The standard InChI is InChI=1S/C18H38N2/c1-5-8-16(4)14-20(13-6-2)18(15-19)11-9-17(7-3)10-12-18/h16-17H,5-15,19H2,1-4H3. The van der Waals surface area contributed by atoms with Crippen molar-refractivity contribution in [2.75, 3.05) is 19.6 Å². The van der Waals surface area contributed by atoms with Crippen molar-refractivity contribution in [3.05, 3.63) is 0 Å². The van der Waals surface area contributed by atoms with Crippen LogP contribution in [0, 0.1) is 11.8 Å². The molecule has 1 aliphatic carbocycles. The summed E-state index contributed by atoms with van der Waals surface area (Å²) in [5.74, 6) is 1.75. The molecule has 0 spiro atoms. The minimum Gasteiger partial charge on any atom is -0.329 e. The van der Waals surface area contributed by atoms with Crippen LogP contribution in [-0.2, 0) is 0 Å². The summed E-state index contributed by atoms with van der Waals surface area (Å²) in [6, 6.07) is 0. The van der Waals surface area contributed by atoms with Gasteiger partial charge in [-0.15, -0.1) is 0 Å². The van der Waals surface area contributed by atoms with Gasteiger partial charge in [-0.2, -0.15) is 0 Å². The minimum absolute atomic E-state index is 0.309. The number of nitrogens with zero attached hydrogens (tertiary/aromatic N) is 1. The van der Waals surface area contributed by atoms with Crippen LogP contribution in [0.2, 0.25) is 0 Å². The summed E-state index contributed by atoms with van der Waals surface area (Å²) in [7, 11) is 0. The van der Waals surface area contributed by atoms with Crippen LogP contribution in [0.1, 0.15) is 79.1 Å². The first-order valence-corrected chi connectivity index (χ1v) is 9.06. The molecule has 1 rings (SSSR count). The predicted octanol–water partition coefficient (Wildman–Crippen LogP) is 4.43. The highest BCUT2D eigenvalue weighted by molar-refractivity contribution is 4.96. The van der Waals surface area contributed by atoms with Gasteiger partial charge in [0.2, 0.25) is 0 Å². The Balaban J connectivity index is 2.70. The molecule has 0 heterocycles. The average molecular weight is 283 g/mol. The summed E-state index contributed by atoms with van der Waals surface area (Å²) in [5, 5.41) is 0. The predicted molar refractivity (Wildman–Crippen MR) is 90.0 cm³/mol. The Hall–Kier alpha value is -0.0800. The van der Waals surface area contributed by atoms with Crippen molar-refractivity contribution >= 4 is 0 Å². The van der Waals surface area contributed by atoms with E-state index in [2.05, 4.69) is 32.6 Å². The second-order valence-corrected chi connectivity index (χ2v) is 7.12. The summed E-state index contributed by atoms with van der Waals surface area (Å²) >= 11 is 0. The van der Waals surface area contributed by atoms with Gasteiger partial charge >= 0.3 is 0 Å². The molecule has 0 amide bonds. The van der Waals surface area contributed by atoms with Gasteiger partial charge in [-0.25, -0.2) is 0 Å². The summed E-state index contributed by atoms with van der Waals surface area (Å²) in [5.41, 5.74) is 6.57. The van der Waals surface area contributed by atoms with Crippen molar-refractivity contribution in [3.63, 3.8) is 0 Å². The Kier molecular flexibility index (Phi) is 8.13. The van der Waals surface area contributed by atoms with Crippen LogP contribution >= 0.6 is 0 Å². The molecular formula is C18H38N2. The zero-order chi connectivity index (χ0) is 15.0. The van der Waals surface area contributed by atoms with Gasteiger partial charge in [0.1, 0.15) is 0 Å². The van der Waals surface area contributed by atoms with Gasteiger partial charge in [-0.05, 0) is 56.9 Å². The van der Waals surface area contributed by atoms with Crippen molar-refractivity contribution in [2.24, 2.45) is 17.6 Å². The number of nitrogens with two attached hydrogens (primary N) is 1. The Morgan fingerprint density at radius 3 is 2.25 bits per heavy atom. The second kappa shape index (κ2) is 9.04. The van der Waals surface area contributed by atoms with Crippen molar-refractivity contribution in [2.45, 2.75) is 84.6 Å². The van der Waals surface area contributed by atoms with Crippen LogP contribution in [0.5, 0.6) is 0 Å². The molecule has 0 aromatic heterocycles. The molecule has 1 saturated carbocycles. The summed E-state index contributed by atoms with van der Waals surface area (Å²) in [6.45, 7) is 12.7. The second-order valence-electron chi connectivity index (χ2n) is 7.12. The van der Waals surface area contributed by atoms with E-state index in [1.807, 2.05) is 0 Å². The van der Waals surface area contributed by atoms with E-state index in [4.69, 9.17) is 5.73 Å². The van der Waals surface area contributed by atoms with E-state index in [9.17, 15) is 0 Å². The fourth-order valence-electron chi connectivity index (χ4n) is 4.02. The van der Waals surface area contributed by atoms with Gasteiger partial charge in [-0.3, -0.25) is 4.90 Å². The van der Waals surface area contributed by atoms with E-state index in [0.29, 0.717) is 5.54 Å². The molecule has 1 fully saturated rings. The van der Waals surface area contributed by atoms with Crippen LogP contribution in [0.4, 0.5) is 0 Å². The Morgan fingerprint density at radius 1 is 1.15 bits per heavy atom. The van der Waals surface area contributed by atoms with Crippen LogP contribution in [0.15, 0.2) is 0 Å². The van der Waals surface area contributed by atoms with Gasteiger partial charge in [0.25, 0.3) is 0 Å². The third-order valence-electron chi connectivity index (χ3n) is 5.47. The van der Waals surface area contributed by atoms with Gasteiger partial charge in [0.15, 0.2) is 0 Å². The van der Waals surface area contributed by atoms with E-state index in [-0.39, 0.29) is 0 Å². The Morgan fingerprint density at radius 2 is 1.80 bits per heavy atom. The van der Waals surface area contributed by atoms with Crippen LogP contribution in [0.25, 0.3) is 0 Å². The Labute approximate surface area is 127 Å². The lowest BCUT2D eigenvalue weighted by atomic mass is 9.74. The third kappa shape index (κ3) is 4.73. The highest BCUT2D eigenvalue weighted by Gasteiger charge is 2.38. The van der Waals surface area contributed by atoms with Crippen molar-refractivity contribution in [1.82, 2.24) is 4.90 Å². The maximum absolute atomic E-state index is 6.26. The molecule has 0 saturated heterocycles. The van der Waals surface area contributed by atoms with Crippen molar-refractivity contribution in [3.8, 4) is 0 Å². The molecule has 0 aliphatic heterocycles. The molecular weight excluding hydrogens is 244 g/mol. The highest BCUT2D eigenvalue weighted by Crippen LogP contribution is 2.37. The number of hydrogen-bond donors (Lipinski definition) is 1. The maximum Gasteiger partial charge on any atom is 0.0332 e. The molecule has 2 heteroatoms. The molecule has 0 bridgehead atoms. The molecule has 2 nitrogen and oxygen atoms in total. The first-order chi connectivity index (χ1) is 9.61. The van der Waals surface area contributed by atoms with Crippen molar-refractivity contribution in [1.29, 1.82) is 0 Å². The lowest BCUT2D eigenvalue weighted by Gasteiger charge is -2.48. The van der Waals surface area contributed by atoms with E-state index in [0.717, 1.165) is 18.4 Å². The third-order valence-corrected chi connectivity index (χ3v) is 5.47. The molecule has 0 aromatic carbocycles. The molecule has 20 heavy (non-hydrogen) atoms. The Bertz CT molecular complexity index is 244. The normalized spacial score (nSPS) is 28.8. The van der Waals surface area contributed by atoms with Gasteiger partial charge in [0.05, 0.1) is 0 Å². The summed E-state index contributed by atoms with van der Waals surface area (Å²) in [6.07, 6.45) is 10.7. The van der Waals surface area contributed by atoms with Crippen LogP contribution in [0.3, 0.4) is 0 Å². The van der Waals surface area contributed by atoms with E-state index >= 15 is 0 Å². The quantitative estimate of drug-likeness (QED) is 0.678. The maximum atomic E-state index is 6.26. The topological polar surface area (TPSA) is 29.3 Å². The lowest BCUT2D eigenvalue weighted by Crippen LogP contribution is -2.57. The van der Waals surface area contributed by atoms with Crippen molar-refractivity contribution < 1.29 is 0 Å². The number of rotatable bonds is 9. The first-order valence-electron chi connectivity index (χ1n) is 9.06. The molecule has 1 atom stereocenters. The molecule has 2 N–H and O–H groups in total. The molecule has 120 valence electrons. The molecule has 0 radical (unpaired) electrons. The first kappa shape index (κ1) is 18.0. The average Bonchev–Trinajstić information content (AvgIpc) is 2.47. The molecule has 0 aromatic rings. The lowest BCUT2D eigenvalue weighted by molar-refractivity contribution is 0.0297. The minimum atomic E-state index is 0.309. The van der Waals surface area contributed by atoms with Gasteiger partial charge < -0.3 is 5.73 Å². The SMILES string of the molecule is CCCC(C)CN(CCC)C1(CN)CCC(CC)CC1. The number of hydrogen-bond acceptors (Lipinski definition) is 2. The van der Waals surface area contributed by atoms with Gasteiger partial charge in [0, 0.05) is 18.6 Å². The van der Waals surface area contributed by atoms with Crippen LogP contribution in [-0.4, -0.2) is 30.1 Å². The zero-order valence-electron chi connectivity index (χ0n) is 14.5. The van der Waals surface area contributed by atoms with E-state index in [1.165, 1.54) is 64.5 Å². The zero-order valence-corrected chi connectivity index (χ0v) is 14.5. The molecule has 1 aliphatic rings. The fraction of sp³-hybridized carbons (Fsp3) is 1.00. The molecule has 1 unspecified atom stereocenters. The van der Waals surface area contributed by atoms with E-state index < -0.39 is 0 Å². The monoisotopic (exact) mass is 282 g/mol. The smallest absolute Gasteiger partial charge is 0.0332 e. The fourth-order valence-corrected chi connectivity index (χ4v) is 4.02. The highest BCUT2D eigenvalue weighted by atomic mass is 15.2. The van der Waals surface area contributed by atoms with Gasteiger partial charge in [-0.1, -0.05) is 40.5 Å². The van der Waals surface area contributed by atoms with E-state index in [1.54, 1.807) is 0 Å². The summed E-state index contributed by atoms with van der Waals surface area (Å²) < 4.78 is 0. The summed E-state index contributed by atoms with van der Waals surface area (Å²) in [4.78, 5) is 2.76. The largest absolute Gasteiger partial charge is 0.329 e.